The number of nitrogens with one attached hydrogen (secondary N) is 1. The van der Waals surface area contributed by atoms with Gasteiger partial charge in [-0.1, -0.05) is 12.1 Å². The van der Waals surface area contributed by atoms with Gasteiger partial charge in [0.05, 0.1) is 11.6 Å². The lowest BCUT2D eigenvalue weighted by atomic mass is 9.96. The first-order valence-corrected chi connectivity index (χ1v) is 8.66. The molecule has 0 spiro atoms. The number of carbonyl (C=O) groups excluding carboxylic acids is 2. The third-order valence-electron chi connectivity index (χ3n) is 4.70. The van der Waals surface area contributed by atoms with Crippen LogP contribution in [0.15, 0.2) is 36.5 Å². The number of nitrogens with two attached hydrogens (primary N) is 1. The summed E-state index contributed by atoms with van der Waals surface area (Å²) < 4.78 is 14.9. The lowest BCUT2D eigenvalue weighted by molar-refractivity contribution is -0.121. The van der Waals surface area contributed by atoms with Gasteiger partial charge >= 0.3 is 0 Å². The van der Waals surface area contributed by atoms with Gasteiger partial charge in [-0.25, -0.2) is 4.39 Å². The van der Waals surface area contributed by atoms with Crippen LogP contribution < -0.4 is 11.1 Å². The summed E-state index contributed by atoms with van der Waals surface area (Å²) in [4.78, 5) is 26.1. The van der Waals surface area contributed by atoms with Crippen molar-refractivity contribution in [3.8, 4) is 0 Å². The lowest BCUT2D eigenvalue weighted by Gasteiger charge is -2.32. The minimum absolute atomic E-state index is 0.0736. The number of aryl methyl sites for hydroxylation is 1. The van der Waals surface area contributed by atoms with Gasteiger partial charge in [-0.15, -0.1) is 0 Å². The van der Waals surface area contributed by atoms with Crippen LogP contribution >= 0.6 is 0 Å². The fourth-order valence-electron chi connectivity index (χ4n) is 3.43. The van der Waals surface area contributed by atoms with E-state index in [4.69, 9.17) is 5.73 Å². The maximum atomic E-state index is 13.3. The van der Waals surface area contributed by atoms with E-state index in [-0.39, 0.29) is 17.6 Å². The number of anilines is 1. The second-order valence-corrected chi connectivity index (χ2v) is 6.78. The molecular weight excluding hydrogens is 335 g/mol. The van der Waals surface area contributed by atoms with Crippen LogP contribution in [0.25, 0.3) is 0 Å². The molecule has 0 bridgehead atoms. The molecule has 1 aromatic carbocycles. The number of piperidine rings is 1. The number of nitrogens with zero attached hydrogens (tertiary/aromatic N) is 2. The number of carbonyl (C=O) groups is 2. The second-order valence-electron chi connectivity index (χ2n) is 6.78. The van der Waals surface area contributed by atoms with Gasteiger partial charge in [0.1, 0.15) is 11.5 Å². The third kappa shape index (κ3) is 4.29. The molecule has 2 heterocycles. The van der Waals surface area contributed by atoms with E-state index in [0.717, 1.165) is 24.9 Å². The highest BCUT2D eigenvalue weighted by molar-refractivity contribution is 5.96. The van der Waals surface area contributed by atoms with Gasteiger partial charge < -0.3 is 15.6 Å². The Balaban J connectivity index is 1.61. The van der Waals surface area contributed by atoms with Crippen LogP contribution in [0.1, 0.15) is 28.9 Å². The fourth-order valence-corrected chi connectivity index (χ4v) is 3.43. The summed E-state index contributed by atoms with van der Waals surface area (Å²) in [5.74, 6) is -1.000. The second kappa shape index (κ2) is 7.70. The molecule has 0 aliphatic carbocycles. The van der Waals surface area contributed by atoms with Crippen LogP contribution in [0.5, 0.6) is 0 Å². The van der Waals surface area contributed by atoms with E-state index in [2.05, 4.69) is 10.2 Å². The first kappa shape index (κ1) is 18.1. The molecule has 3 N–H and O–H groups in total. The molecular formula is C19H23FN4O2. The third-order valence-corrected chi connectivity index (χ3v) is 4.70. The molecule has 1 atom stereocenters. The van der Waals surface area contributed by atoms with Gasteiger partial charge in [-0.05, 0) is 43.1 Å². The number of amides is 2. The van der Waals surface area contributed by atoms with Gasteiger partial charge in [0.15, 0.2) is 0 Å². The maximum absolute atomic E-state index is 13.3. The van der Waals surface area contributed by atoms with Gasteiger partial charge in [-0.3, -0.25) is 14.5 Å². The molecule has 2 aromatic rings. The van der Waals surface area contributed by atoms with Crippen molar-refractivity contribution in [2.24, 2.45) is 18.7 Å². The molecule has 138 valence electrons. The van der Waals surface area contributed by atoms with Crippen molar-refractivity contribution in [3.05, 3.63) is 53.6 Å². The van der Waals surface area contributed by atoms with Crippen LogP contribution in [0, 0.1) is 11.7 Å². The lowest BCUT2D eigenvalue weighted by Crippen LogP contribution is -2.40. The zero-order valence-corrected chi connectivity index (χ0v) is 14.7. The quantitative estimate of drug-likeness (QED) is 0.859. The highest BCUT2D eigenvalue weighted by Crippen LogP contribution is 2.21. The zero-order chi connectivity index (χ0) is 18.7. The van der Waals surface area contributed by atoms with Crippen molar-refractivity contribution < 1.29 is 14.0 Å². The standard InChI is InChI=1S/C19H23FN4O2/c1-23-12-16(9-17(23)18(21)25)22-19(26)14-5-3-7-24(11-14)10-13-4-2-6-15(20)8-13/h2,4,6,8-9,12,14H,3,5,7,10-11H2,1H3,(H2,21,25)(H,22,26). The molecule has 1 aliphatic rings. The Morgan fingerprint density at radius 3 is 2.85 bits per heavy atom. The van der Waals surface area contributed by atoms with E-state index in [1.54, 1.807) is 29.9 Å². The Hall–Kier alpha value is -2.67. The Kier molecular flexibility index (Phi) is 5.37. The van der Waals surface area contributed by atoms with Crippen molar-refractivity contribution in [1.29, 1.82) is 0 Å². The van der Waals surface area contributed by atoms with Crippen molar-refractivity contribution >= 4 is 17.5 Å². The topological polar surface area (TPSA) is 80.4 Å². The number of rotatable bonds is 5. The summed E-state index contributed by atoms with van der Waals surface area (Å²) in [6.45, 7) is 2.13. The molecule has 1 saturated heterocycles. The monoisotopic (exact) mass is 358 g/mol. The van der Waals surface area contributed by atoms with Gasteiger partial charge in [0.25, 0.3) is 5.91 Å². The van der Waals surface area contributed by atoms with E-state index in [0.29, 0.717) is 24.5 Å². The van der Waals surface area contributed by atoms with E-state index in [1.807, 2.05) is 6.07 Å². The largest absolute Gasteiger partial charge is 0.364 e. The molecule has 0 radical (unpaired) electrons. The van der Waals surface area contributed by atoms with Crippen molar-refractivity contribution in [3.63, 3.8) is 0 Å². The van der Waals surface area contributed by atoms with E-state index in [9.17, 15) is 14.0 Å². The first-order valence-electron chi connectivity index (χ1n) is 8.66. The van der Waals surface area contributed by atoms with Crippen LogP contribution in [0.3, 0.4) is 0 Å². The summed E-state index contributed by atoms with van der Waals surface area (Å²) in [6.07, 6.45) is 3.39. The van der Waals surface area contributed by atoms with Crippen LogP contribution in [0.4, 0.5) is 10.1 Å². The van der Waals surface area contributed by atoms with Gasteiger partial charge in [0, 0.05) is 26.3 Å². The number of benzene rings is 1. The van der Waals surface area contributed by atoms with Crippen LogP contribution in [-0.4, -0.2) is 34.4 Å². The minimum Gasteiger partial charge on any atom is -0.364 e. The average Bonchev–Trinajstić information content (AvgIpc) is 2.95. The Morgan fingerprint density at radius 2 is 2.15 bits per heavy atom. The normalized spacial score (nSPS) is 17.8. The number of likely N-dealkylation sites (tertiary alicyclic amines) is 1. The Morgan fingerprint density at radius 1 is 1.35 bits per heavy atom. The number of aromatic nitrogens is 1. The predicted molar refractivity (Wildman–Crippen MR) is 97.0 cm³/mol. The molecule has 0 saturated carbocycles. The molecule has 3 rings (SSSR count). The van der Waals surface area contributed by atoms with Crippen LogP contribution in [0.2, 0.25) is 0 Å². The van der Waals surface area contributed by atoms with Gasteiger partial charge in [0.2, 0.25) is 5.91 Å². The van der Waals surface area contributed by atoms with Gasteiger partial charge in [-0.2, -0.15) is 0 Å². The van der Waals surface area contributed by atoms with Crippen molar-refractivity contribution in [1.82, 2.24) is 9.47 Å². The molecule has 26 heavy (non-hydrogen) atoms. The number of hydrogen-bond acceptors (Lipinski definition) is 3. The van der Waals surface area contributed by atoms with Crippen LogP contribution in [-0.2, 0) is 18.4 Å². The molecule has 1 aliphatic heterocycles. The first-order chi connectivity index (χ1) is 12.4. The number of halogens is 1. The molecule has 1 aromatic heterocycles. The highest BCUT2D eigenvalue weighted by atomic mass is 19.1. The Bertz CT molecular complexity index is 818. The maximum Gasteiger partial charge on any atom is 0.265 e. The van der Waals surface area contributed by atoms with Crippen molar-refractivity contribution in [2.75, 3.05) is 18.4 Å². The van der Waals surface area contributed by atoms with Crippen molar-refractivity contribution in [2.45, 2.75) is 19.4 Å². The number of primary amides is 1. The molecule has 1 unspecified atom stereocenters. The summed E-state index contributed by atoms with van der Waals surface area (Å²) in [5, 5.41) is 2.87. The number of hydrogen-bond donors (Lipinski definition) is 2. The van der Waals surface area contributed by atoms with E-state index in [1.165, 1.54) is 12.1 Å². The molecule has 1 fully saturated rings. The Labute approximate surface area is 151 Å². The van der Waals surface area contributed by atoms with E-state index < -0.39 is 5.91 Å². The zero-order valence-electron chi connectivity index (χ0n) is 14.7. The molecule has 7 heteroatoms. The summed E-state index contributed by atoms with van der Waals surface area (Å²) in [5.41, 5.74) is 7.11. The minimum atomic E-state index is -0.535. The summed E-state index contributed by atoms with van der Waals surface area (Å²) in [7, 11) is 1.71. The smallest absolute Gasteiger partial charge is 0.265 e. The fraction of sp³-hybridized carbons (Fsp3) is 0.368. The predicted octanol–water partition coefficient (Wildman–Crippen LogP) is 2.11. The summed E-state index contributed by atoms with van der Waals surface area (Å²) >= 11 is 0. The SMILES string of the molecule is Cn1cc(NC(=O)C2CCCN(Cc3cccc(F)c3)C2)cc1C(N)=O. The summed E-state index contributed by atoms with van der Waals surface area (Å²) in [6, 6.07) is 8.12. The van der Waals surface area contributed by atoms with E-state index >= 15 is 0 Å². The highest BCUT2D eigenvalue weighted by Gasteiger charge is 2.26. The average molecular weight is 358 g/mol. The molecule has 6 nitrogen and oxygen atoms in total. The molecule has 2 amide bonds.